The second-order valence-electron chi connectivity index (χ2n) is 6.83. The molecule has 1 heterocycles. The second-order valence-corrected chi connectivity index (χ2v) is 6.83. The van der Waals surface area contributed by atoms with Gasteiger partial charge in [-0.05, 0) is 36.8 Å². The smallest absolute Gasteiger partial charge is 0.394 e. The van der Waals surface area contributed by atoms with E-state index in [9.17, 15) is 32.3 Å². The summed E-state index contributed by atoms with van der Waals surface area (Å²) in [6, 6.07) is 8.53. The van der Waals surface area contributed by atoms with Crippen molar-refractivity contribution in [2.45, 2.75) is 25.6 Å². The van der Waals surface area contributed by atoms with E-state index in [1.807, 2.05) is 0 Å². The Morgan fingerprint density at radius 3 is 2.50 bits per heavy atom. The van der Waals surface area contributed by atoms with Crippen LogP contribution in [0.4, 0.5) is 23.2 Å². The average molecular weight is 422 g/mol. The summed E-state index contributed by atoms with van der Waals surface area (Å²) >= 11 is 0. The molecule has 1 atom stereocenters. The molecule has 1 unspecified atom stereocenters. The highest BCUT2D eigenvalue weighted by Crippen LogP contribution is 2.32. The lowest BCUT2D eigenvalue weighted by Crippen LogP contribution is -2.25. The number of aliphatic hydroxyl groups is 1. The number of hydrogen-bond donors (Lipinski definition) is 2. The standard InChI is InChI=1S/C21H18F4N2O3/c1-12(11-28)27-9-8-14-15(20(27)30)5-3-7-17(14)26-18(29)10-13-4-2-6-16(19(13)22)21(23,24)25/h2-9,12,28H,10-11H2,1H3,(H,26,29). The Bertz CT molecular complexity index is 1160. The zero-order valence-electron chi connectivity index (χ0n) is 15.8. The summed E-state index contributed by atoms with van der Waals surface area (Å²) < 4.78 is 54.1. The number of carbonyl (C=O) groups excluding carboxylic acids is 1. The van der Waals surface area contributed by atoms with E-state index in [1.54, 1.807) is 19.1 Å². The van der Waals surface area contributed by atoms with Crippen LogP contribution in [0.25, 0.3) is 10.8 Å². The number of rotatable bonds is 5. The van der Waals surface area contributed by atoms with Gasteiger partial charge in [-0.15, -0.1) is 0 Å². The first kappa shape index (κ1) is 21.5. The fraction of sp³-hybridized carbons (Fsp3) is 0.238. The molecule has 0 aliphatic heterocycles. The van der Waals surface area contributed by atoms with Crippen molar-refractivity contribution in [3.05, 3.63) is 76.0 Å². The maximum Gasteiger partial charge on any atom is 0.419 e. The highest BCUT2D eigenvalue weighted by Gasteiger charge is 2.34. The summed E-state index contributed by atoms with van der Waals surface area (Å²) in [6.45, 7) is 1.44. The number of alkyl halides is 3. The Hall–Kier alpha value is -3.20. The van der Waals surface area contributed by atoms with Gasteiger partial charge in [0.25, 0.3) is 5.56 Å². The van der Waals surface area contributed by atoms with E-state index in [2.05, 4.69) is 5.32 Å². The number of nitrogens with zero attached hydrogens (tertiary/aromatic N) is 1. The van der Waals surface area contributed by atoms with Crippen LogP contribution in [-0.2, 0) is 17.4 Å². The molecule has 0 spiro atoms. The number of amides is 1. The van der Waals surface area contributed by atoms with Gasteiger partial charge >= 0.3 is 6.18 Å². The van der Waals surface area contributed by atoms with Gasteiger partial charge in [-0.2, -0.15) is 13.2 Å². The zero-order valence-corrected chi connectivity index (χ0v) is 15.8. The third-order valence-electron chi connectivity index (χ3n) is 4.72. The SMILES string of the molecule is CC(CO)n1ccc2c(NC(=O)Cc3cccc(C(F)(F)F)c3F)cccc2c1=O. The fourth-order valence-electron chi connectivity index (χ4n) is 3.14. The van der Waals surface area contributed by atoms with E-state index < -0.39 is 35.9 Å². The van der Waals surface area contributed by atoms with Crippen molar-refractivity contribution in [1.29, 1.82) is 0 Å². The van der Waals surface area contributed by atoms with Gasteiger partial charge in [0, 0.05) is 22.7 Å². The molecule has 0 fully saturated rings. The van der Waals surface area contributed by atoms with Crippen LogP contribution in [0.3, 0.4) is 0 Å². The second kappa shape index (κ2) is 8.27. The molecule has 5 nitrogen and oxygen atoms in total. The van der Waals surface area contributed by atoms with Crippen LogP contribution in [0.2, 0.25) is 0 Å². The number of carbonyl (C=O) groups is 1. The largest absolute Gasteiger partial charge is 0.419 e. The number of benzene rings is 2. The van der Waals surface area contributed by atoms with Gasteiger partial charge < -0.3 is 15.0 Å². The van der Waals surface area contributed by atoms with Gasteiger partial charge in [-0.25, -0.2) is 4.39 Å². The lowest BCUT2D eigenvalue weighted by Gasteiger charge is -2.15. The van der Waals surface area contributed by atoms with Crippen LogP contribution in [0.5, 0.6) is 0 Å². The Balaban J connectivity index is 1.90. The van der Waals surface area contributed by atoms with E-state index in [0.29, 0.717) is 16.8 Å². The molecule has 9 heteroatoms. The van der Waals surface area contributed by atoms with Gasteiger partial charge in [0.1, 0.15) is 5.82 Å². The van der Waals surface area contributed by atoms with Crippen LogP contribution in [0, 0.1) is 5.82 Å². The van der Waals surface area contributed by atoms with Gasteiger partial charge in [0.15, 0.2) is 0 Å². The molecule has 0 saturated heterocycles. The van der Waals surface area contributed by atoms with Gasteiger partial charge in [-0.1, -0.05) is 18.2 Å². The minimum Gasteiger partial charge on any atom is -0.394 e. The molecule has 0 aliphatic carbocycles. The third kappa shape index (κ3) is 4.20. The molecule has 158 valence electrons. The third-order valence-corrected chi connectivity index (χ3v) is 4.72. The number of nitrogens with one attached hydrogen (secondary N) is 1. The highest BCUT2D eigenvalue weighted by molar-refractivity contribution is 6.02. The minimum absolute atomic E-state index is 0.232. The first-order chi connectivity index (χ1) is 14.1. The van der Waals surface area contributed by atoms with Crippen LogP contribution in [0.15, 0.2) is 53.5 Å². The van der Waals surface area contributed by atoms with Gasteiger partial charge in [0.05, 0.1) is 24.6 Å². The van der Waals surface area contributed by atoms with Crippen molar-refractivity contribution >= 4 is 22.4 Å². The monoisotopic (exact) mass is 422 g/mol. The Morgan fingerprint density at radius 1 is 1.13 bits per heavy atom. The predicted octanol–water partition coefficient (Wildman–Crippen LogP) is 3.89. The fourth-order valence-corrected chi connectivity index (χ4v) is 3.14. The molecule has 3 aromatic rings. The van der Waals surface area contributed by atoms with Crippen LogP contribution in [-0.4, -0.2) is 22.2 Å². The molecule has 2 aromatic carbocycles. The molecule has 0 aliphatic rings. The summed E-state index contributed by atoms with van der Waals surface area (Å²) in [7, 11) is 0. The molecule has 2 N–H and O–H groups in total. The van der Waals surface area contributed by atoms with Crippen LogP contribution >= 0.6 is 0 Å². The van der Waals surface area contributed by atoms with Crippen molar-refractivity contribution in [3.8, 4) is 0 Å². The number of anilines is 1. The van der Waals surface area contributed by atoms with E-state index >= 15 is 0 Å². The molecule has 1 aromatic heterocycles. The van der Waals surface area contributed by atoms with E-state index in [0.717, 1.165) is 12.1 Å². The molecular formula is C21H18F4N2O3. The maximum absolute atomic E-state index is 14.2. The van der Waals surface area contributed by atoms with E-state index in [-0.39, 0.29) is 23.4 Å². The molecule has 0 saturated carbocycles. The molecule has 1 amide bonds. The number of pyridine rings is 1. The lowest BCUT2D eigenvalue weighted by molar-refractivity contribution is -0.140. The van der Waals surface area contributed by atoms with Crippen LogP contribution < -0.4 is 10.9 Å². The van der Waals surface area contributed by atoms with Crippen molar-refractivity contribution in [3.63, 3.8) is 0 Å². The van der Waals surface area contributed by atoms with Crippen LogP contribution in [0.1, 0.15) is 24.1 Å². The summed E-state index contributed by atoms with van der Waals surface area (Å²) in [5.41, 5.74) is -1.92. The van der Waals surface area contributed by atoms with Crippen molar-refractivity contribution < 1.29 is 27.5 Å². The zero-order chi connectivity index (χ0) is 22.1. The van der Waals surface area contributed by atoms with Gasteiger partial charge in [-0.3, -0.25) is 9.59 Å². The molecule has 0 bridgehead atoms. The molecular weight excluding hydrogens is 404 g/mol. The molecule has 3 rings (SSSR count). The van der Waals surface area contributed by atoms with E-state index in [1.165, 1.54) is 22.9 Å². The first-order valence-electron chi connectivity index (χ1n) is 9.02. The Labute approximate surface area is 168 Å². The molecule has 0 radical (unpaired) electrons. The maximum atomic E-state index is 14.2. The number of aliphatic hydroxyl groups excluding tert-OH is 1. The summed E-state index contributed by atoms with van der Waals surface area (Å²) in [5, 5.41) is 12.5. The number of aromatic nitrogens is 1. The topological polar surface area (TPSA) is 71.3 Å². The molecule has 30 heavy (non-hydrogen) atoms. The number of fused-ring (bicyclic) bond motifs is 1. The number of hydrogen-bond acceptors (Lipinski definition) is 3. The first-order valence-corrected chi connectivity index (χ1v) is 9.02. The Kier molecular flexibility index (Phi) is 5.93. The Morgan fingerprint density at radius 2 is 1.83 bits per heavy atom. The normalized spacial score (nSPS) is 12.7. The quantitative estimate of drug-likeness (QED) is 0.613. The van der Waals surface area contributed by atoms with Crippen molar-refractivity contribution in [2.75, 3.05) is 11.9 Å². The summed E-state index contributed by atoms with van der Waals surface area (Å²) in [5.74, 6) is -2.22. The van der Waals surface area contributed by atoms with Crippen molar-refractivity contribution in [1.82, 2.24) is 4.57 Å². The lowest BCUT2D eigenvalue weighted by atomic mass is 10.1. The minimum atomic E-state index is -4.86. The van der Waals surface area contributed by atoms with Crippen molar-refractivity contribution in [2.24, 2.45) is 0 Å². The van der Waals surface area contributed by atoms with Gasteiger partial charge in [0.2, 0.25) is 5.91 Å². The highest BCUT2D eigenvalue weighted by atomic mass is 19.4. The summed E-state index contributed by atoms with van der Waals surface area (Å²) in [6.07, 6.45) is -3.99. The summed E-state index contributed by atoms with van der Waals surface area (Å²) in [4.78, 5) is 25.0. The predicted molar refractivity (Wildman–Crippen MR) is 104 cm³/mol. The number of halogens is 4. The van der Waals surface area contributed by atoms with E-state index in [4.69, 9.17) is 0 Å². The average Bonchev–Trinajstić information content (AvgIpc) is 2.69.